The Balaban J connectivity index is 1.40. The van der Waals surface area contributed by atoms with E-state index < -0.39 is 21.8 Å². The highest BCUT2D eigenvalue weighted by atomic mass is 35.5. The number of rotatable bonds is 8. The fourth-order valence-electron chi connectivity index (χ4n) is 2.79. The number of carbonyl (C=O) groups is 2. The van der Waals surface area contributed by atoms with Crippen LogP contribution in [0.15, 0.2) is 41.3 Å². The first-order valence-corrected chi connectivity index (χ1v) is 12.0. The maximum Gasteiger partial charge on any atom is 0.276 e. The number of nitrogens with one attached hydrogen (secondary N) is 3. The molecule has 12 heteroatoms. The summed E-state index contributed by atoms with van der Waals surface area (Å²) in [4.78, 5) is 23.7. The van der Waals surface area contributed by atoms with Gasteiger partial charge in [-0.3, -0.25) is 20.4 Å². The van der Waals surface area contributed by atoms with Crippen molar-refractivity contribution >= 4 is 33.4 Å². The number of aryl methyl sites for hydroxylation is 1. The summed E-state index contributed by atoms with van der Waals surface area (Å²) in [6.45, 7) is 2.24. The third kappa shape index (κ3) is 7.24. The van der Waals surface area contributed by atoms with Crippen molar-refractivity contribution in [3.8, 4) is 17.2 Å². The molecular weight excluding hydrogens is 474 g/mol. The van der Waals surface area contributed by atoms with Gasteiger partial charge < -0.3 is 14.2 Å². The normalized spacial score (nSPS) is 13.0. The monoisotopic (exact) mass is 497 g/mol. The second-order valence-corrected chi connectivity index (χ2v) is 9.28. The largest absolute Gasteiger partial charge is 0.490 e. The molecule has 0 radical (unpaired) electrons. The average Bonchev–Trinajstić information content (AvgIpc) is 3.03. The first-order chi connectivity index (χ1) is 15.7. The topological polar surface area (TPSA) is 132 Å². The van der Waals surface area contributed by atoms with Crippen molar-refractivity contribution in [1.29, 1.82) is 0 Å². The van der Waals surface area contributed by atoms with E-state index in [1.165, 1.54) is 18.2 Å². The molecule has 1 aliphatic heterocycles. The van der Waals surface area contributed by atoms with Crippen LogP contribution in [0, 0.1) is 6.92 Å². The van der Waals surface area contributed by atoms with Gasteiger partial charge in [-0.25, -0.2) is 13.1 Å². The molecule has 1 aliphatic rings. The van der Waals surface area contributed by atoms with E-state index in [9.17, 15) is 18.0 Å². The van der Waals surface area contributed by atoms with E-state index in [1.54, 1.807) is 25.1 Å². The molecule has 2 aromatic carbocycles. The summed E-state index contributed by atoms with van der Waals surface area (Å²) in [5, 5.41) is 0.583. The minimum Gasteiger partial charge on any atom is -0.490 e. The number of carbonyl (C=O) groups excluding carboxylic acids is 2. The van der Waals surface area contributed by atoms with Crippen LogP contribution >= 0.6 is 11.6 Å². The Labute approximate surface area is 196 Å². The Hall–Kier alpha value is -3.02. The molecular formula is C21H24ClN3O7S. The average molecular weight is 498 g/mol. The van der Waals surface area contributed by atoms with Gasteiger partial charge in [0.1, 0.15) is 5.75 Å². The second kappa shape index (κ2) is 11.2. The number of ether oxygens (including phenoxy) is 3. The second-order valence-electron chi connectivity index (χ2n) is 7.10. The molecule has 0 atom stereocenters. The van der Waals surface area contributed by atoms with Gasteiger partial charge in [0.2, 0.25) is 15.9 Å². The number of halogens is 1. The minimum atomic E-state index is -3.86. The molecule has 0 spiro atoms. The summed E-state index contributed by atoms with van der Waals surface area (Å²) < 4.78 is 43.6. The van der Waals surface area contributed by atoms with E-state index in [0.717, 1.165) is 5.56 Å². The standard InChI is InChI=1S/C21H24ClN3O7S/c1-14-11-15(3-5-17(14)22)32-13-21(27)25-24-20(26)7-8-23-33(28,29)16-4-6-18-19(12-16)31-10-2-9-30-18/h3-6,11-12,23H,2,7-10,13H2,1H3,(H,24,26)(H,25,27). The Kier molecular flexibility index (Phi) is 8.37. The highest BCUT2D eigenvalue weighted by molar-refractivity contribution is 7.89. The Morgan fingerprint density at radius 3 is 2.52 bits per heavy atom. The Morgan fingerprint density at radius 1 is 1.03 bits per heavy atom. The molecule has 0 unspecified atom stereocenters. The van der Waals surface area contributed by atoms with Crippen molar-refractivity contribution in [2.45, 2.75) is 24.7 Å². The first kappa shape index (κ1) is 24.6. The van der Waals surface area contributed by atoms with E-state index in [2.05, 4.69) is 15.6 Å². The molecule has 0 saturated heterocycles. The molecule has 3 N–H and O–H groups in total. The van der Waals surface area contributed by atoms with Gasteiger partial charge in [-0.05, 0) is 42.8 Å². The van der Waals surface area contributed by atoms with Crippen LogP contribution in [0.1, 0.15) is 18.4 Å². The molecule has 3 rings (SSSR count). The van der Waals surface area contributed by atoms with Gasteiger partial charge in [-0.15, -0.1) is 0 Å². The number of hydrazine groups is 1. The van der Waals surface area contributed by atoms with Crippen LogP contribution in [-0.2, 0) is 19.6 Å². The number of amides is 2. The van der Waals surface area contributed by atoms with Crippen molar-refractivity contribution in [2.24, 2.45) is 0 Å². The fraction of sp³-hybridized carbons (Fsp3) is 0.333. The zero-order valence-corrected chi connectivity index (χ0v) is 19.4. The van der Waals surface area contributed by atoms with Crippen molar-refractivity contribution < 1.29 is 32.2 Å². The summed E-state index contributed by atoms with van der Waals surface area (Å²) in [5.74, 6) is 0.141. The van der Waals surface area contributed by atoms with Crippen LogP contribution in [-0.4, -0.2) is 46.6 Å². The molecule has 2 aromatic rings. The van der Waals surface area contributed by atoms with Crippen LogP contribution in [0.25, 0.3) is 0 Å². The molecule has 1 heterocycles. The van der Waals surface area contributed by atoms with Crippen molar-refractivity contribution in [3.05, 3.63) is 47.0 Å². The van der Waals surface area contributed by atoms with E-state index >= 15 is 0 Å². The summed E-state index contributed by atoms with van der Waals surface area (Å²) >= 11 is 5.93. The maximum atomic E-state index is 12.5. The first-order valence-electron chi connectivity index (χ1n) is 10.1. The van der Waals surface area contributed by atoms with Gasteiger partial charge in [-0.1, -0.05) is 11.6 Å². The molecule has 0 aromatic heterocycles. The van der Waals surface area contributed by atoms with Crippen LogP contribution in [0.2, 0.25) is 5.02 Å². The van der Waals surface area contributed by atoms with E-state index in [4.69, 9.17) is 25.8 Å². The van der Waals surface area contributed by atoms with Gasteiger partial charge in [0.15, 0.2) is 18.1 Å². The SMILES string of the molecule is Cc1cc(OCC(=O)NNC(=O)CCNS(=O)(=O)c2ccc3c(c2)OCCCO3)ccc1Cl. The molecule has 2 amide bonds. The molecule has 10 nitrogen and oxygen atoms in total. The molecule has 33 heavy (non-hydrogen) atoms. The summed E-state index contributed by atoms with van der Waals surface area (Å²) in [6, 6.07) is 9.27. The lowest BCUT2D eigenvalue weighted by Gasteiger charge is -2.11. The maximum absolute atomic E-state index is 12.5. The van der Waals surface area contributed by atoms with Gasteiger partial charge in [0, 0.05) is 30.5 Å². The molecule has 0 aliphatic carbocycles. The quantitative estimate of drug-likeness (QED) is 0.473. The number of fused-ring (bicyclic) bond motifs is 1. The number of sulfonamides is 1. The molecule has 0 saturated carbocycles. The Bertz CT molecular complexity index is 1120. The highest BCUT2D eigenvalue weighted by Crippen LogP contribution is 2.31. The third-order valence-electron chi connectivity index (χ3n) is 4.51. The number of hydrogen-bond donors (Lipinski definition) is 3. The van der Waals surface area contributed by atoms with Crippen LogP contribution in [0.4, 0.5) is 0 Å². The zero-order valence-electron chi connectivity index (χ0n) is 17.9. The molecule has 0 fully saturated rings. The van der Waals surface area contributed by atoms with Crippen LogP contribution in [0.5, 0.6) is 17.2 Å². The summed E-state index contributed by atoms with van der Waals surface area (Å²) in [6.07, 6.45) is 0.509. The summed E-state index contributed by atoms with van der Waals surface area (Å²) in [7, 11) is -3.86. The smallest absolute Gasteiger partial charge is 0.276 e. The zero-order chi connectivity index (χ0) is 23.8. The van der Waals surface area contributed by atoms with E-state index in [0.29, 0.717) is 41.9 Å². The lowest BCUT2D eigenvalue weighted by molar-refractivity contribution is -0.129. The van der Waals surface area contributed by atoms with Gasteiger partial charge in [0.05, 0.1) is 18.1 Å². The minimum absolute atomic E-state index is 0.00459. The van der Waals surface area contributed by atoms with Gasteiger partial charge >= 0.3 is 0 Å². The van der Waals surface area contributed by atoms with Crippen molar-refractivity contribution in [2.75, 3.05) is 26.4 Å². The number of benzene rings is 2. The lowest BCUT2D eigenvalue weighted by atomic mass is 10.2. The Morgan fingerprint density at radius 2 is 1.76 bits per heavy atom. The van der Waals surface area contributed by atoms with E-state index in [1.807, 2.05) is 0 Å². The predicted octanol–water partition coefficient (Wildman–Crippen LogP) is 1.70. The highest BCUT2D eigenvalue weighted by Gasteiger charge is 2.19. The van der Waals surface area contributed by atoms with Crippen LogP contribution in [0.3, 0.4) is 0 Å². The van der Waals surface area contributed by atoms with E-state index in [-0.39, 0.29) is 24.5 Å². The third-order valence-corrected chi connectivity index (χ3v) is 6.40. The fourth-order valence-corrected chi connectivity index (χ4v) is 3.95. The number of hydrogen-bond acceptors (Lipinski definition) is 7. The van der Waals surface area contributed by atoms with Crippen molar-refractivity contribution in [1.82, 2.24) is 15.6 Å². The predicted molar refractivity (Wildman–Crippen MR) is 120 cm³/mol. The van der Waals surface area contributed by atoms with Crippen LogP contribution < -0.4 is 29.8 Å². The summed E-state index contributed by atoms with van der Waals surface area (Å²) in [5.41, 5.74) is 5.21. The molecule has 178 valence electrons. The molecule has 0 bridgehead atoms. The van der Waals surface area contributed by atoms with Gasteiger partial charge in [-0.2, -0.15) is 0 Å². The lowest BCUT2D eigenvalue weighted by Crippen LogP contribution is -2.44. The van der Waals surface area contributed by atoms with Crippen molar-refractivity contribution in [3.63, 3.8) is 0 Å². The van der Waals surface area contributed by atoms with Gasteiger partial charge in [0.25, 0.3) is 5.91 Å².